The van der Waals surface area contributed by atoms with Crippen LogP contribution >= 0.6 is 14.8 Å². The lowest BCUT2D eigenvalue weighted by Gasteiger charge is -2.49. The van der Waals surface area contributed by atoms with Crippen molar-refractivity contribution in [2.45, 2.75) is 27.8 Å². The highest BCUT2D eigenvalue weighted by atomic mass is 79.9. The molecule has 0 bridgehead atoms. The van der Waals surface area contributed by atoms with Gasteiger partial charge in [0.2, 0.25) is 5.91 Å². The SMILES string of the molecule is NC(=O)c1cccc(Nc2ccccc2S(=O)(Br)(C(F)(F)F)C(F)(C(F)(F)F)C(F)(F)F)c1. The number of nitrogens with two attached hydrogens (primary N) is 1. The molecule has 0 fully saturated rings. The van der Waals surface area contributed by atoms with Crippen molar-refractivity contribution in [3.05, 3.63) is 54.1 Å². The van der Waals surface area contributed by atoms with Crippen molar-refractivity contribution < 1.29 is 52.9 Å². The third-order valence-corrected chi connectivity index (χ3v) is 11.3. The summed E-state index contributed by atoms with van der Waals surface area (Å²) in [5.74, 6) is -1.03. The quantitative estimate of drug-likeness (QED) is 0.323. The summed E-state index contributed by atoms with van der Waals surface area (Å²) in [7, 11) is -8.77. The number of carbonyl (C=O) groups excluding carboxylic acids is 1. The van der Waals surface area contributed by atoms with Crippen LogP contribution < -0.4 is 11.1 Å². The molecule has 0 aliphatic carbocycles. The fourth-order valence-electron chi connectivity index (χ4n) is 2.80. The van der Waals surface area contributed by atoms with Crippen LogP contribution in [0.4, 0.5) is 55.3 Å². The number of alkyl halides is 10. The largest absolute Gasteiger partial charge is 0.467 e. The zero-order chi connectivity index (χ0) is 25.7. The molecular formula is C17H11BrF10N2O2S. The van der Waals surface area contributed by atoms with Crippen molar-refractivity contribution in [2.75, 3.05) is 5.32 Å². The van der Waals surface area contributed by atoms with E-state index in [2.05, 4.69) is 0 Å². The average Bonchev–Trinajstić information content (AvgIpc) is 2.65. The Morgan fingerprint density at radius 3 is 1.82 bits per heavy atom. The van der Waals surface area contributed by atoms with E-state index in [9.17, 15) is 52.9 Å². The third kappa shape index (κ3) is 3.86. The Hall–Kier alpha value is -2.36. The number of benzene rings is 2. The molecule has 0 aliphatic heterocycles. The van der Waals surface area contributed by atoms with Crippen molar-refractivity contribution in [2.24, 2.45) is 5.73 Å². The van der Waals surface area contributed by atoms with Crippen LogP contribution in [-0.4, -0.2) is 33.0 Å². The molecule has 0 aliphatic rings. The van der Waals surface area contributed by atoms with Gasteiger partial charge in [-0.3, -0.25) is 9.00 Å². The molecule has 1 amide bonds. The number of hydrogen-bond donors (Lipinski definition) is 2. The maximum atomic E-state index is 14.9. The number of halogens is 11. The second kappa shape index (κ2) is 7.85. The van der Waals surface area contributed by atoms with E-state index in [0.717, 1.165) is 45.1 Å². The predicted molar refractivity (Wildman–Crippen MR) is 102 cm³/mol. The average molecular weight is 577 g/mol. The summed E-state index contributed by atoms with van der Waals surface area (Å²) in [6.07, 6.45) is -14.7. The molecule has 2 rings (SSSR count). The number of primary amides is 1. The number of hydrogen-bond acceptors (Lipinski definition) is 3. The lowest BCUT2D eigenvalue weighted by molar-refractivity contribution is -0.308. The van der Waals surface area contributed by atoms with Crippen LogP contribution in [0.1, 0.15) is 10.4 Å². The Kier molecular flexibility index (Phi) is 6.40. The van der Waals surface area contributed by atoms with E-state index >= 15 is 0 Å². The monoisotopic (exact) mass is 576 g/mol. The summed E-state index contributed by atoms with van der Waals surface area (Å²) < 4.78 is 150. The van der Waals surface area contributed by atoms with Crippen LogP contribution in [0.2, 0.25) is 0 Å². The molecule has 4 nitrogen and oxygen atoms in total. The van der Waals surface area contributed by atoms with Crippen LogP contribution in [0.15, 0.2) is 53.4 Å². The molecule has 0 heterocycles. The minimum Gasteiger partial charge on any atom is -0.366 e. The van der Waals surface area contributed by atoms with Gasteiger partial charge in [0, 0.05) is 26.1 Å². The molecule has 0 saturated heterocycles. The Labute approximate surface area is 185 Å². The van der Waals surface area contributed by atoms with Gasteiger partial charge in [-0.1, -0.05) is 18.2 Å². The number of para-hydroxylation sites is 1. The summed E-state index contributed by atoms with van der Waals surface area (Å²) in [4.78, 5) is 9.06. The minimum atomic E-state index is -8.77. The maximum absolute atomic E-state index is 14.9. The molecule has 0 radical (unpaired) electrons. The summed E-state index contributed by atoms with van der Waals surface area (Å²) >= 11 is 1.11. The van der Waals surface area contributed by atoms with E-state index in [0.29, 0.717) is 12.1 Å². The third-order valence-electron chi connectivity index (χ3n) is 4.35. The van der Waals surface area contributed by atoms with E-state index in [4.69, 9.17) is 5.73 Å². The highest BCUT2D eigenvalue weighted by Gasteiger charge is 2.92. The van der Waals surface area contributed by atoms with E-state index < -0.39 is 46.9 Å². The molecule has 2 aromatic carbocycles. The van der Waals surface area contributed by atoms with Gasteiger partial charge in [-0.15, -0.1) is 0 Å². The van der Waals surface area contributed by atoms with Gasteiger partial charge >= 0.3 is 22.9 Å². The van der Waals surface area contributed by atoms with Crippen LogP contribution in [0, 0.1) is 0 Å². The highest BCUT2D eigenvalue weighted by molar-refractivity contribution is 9.53. The zero-order valence-electron chi connectivity index (χ0n) is 15.6. The summed E-state index contributed by atoms with van der Waals surface area (Å²) in [5.41, 5.74) is -3.70. The molecule has 2 aromatic rings. The van der Waals surface area contributed by atoms with Gasteiger partial charge in [0.05, 0.1) is 10.6 Å². The number of carbonyl (C=O) groups is 1. The first-order valence-corrected chi connectivity index (χ1v) is 12.0. The Balaban J connectivity index is 2.96. The fourth-order valence-corrected chi connectivity index (χ4v) is 7.28. The van der Waals surface area contributed by atoms with Gasteiger partial charge in [-0.25, -0.2) is 4.39 Å². The van der Waals surface area contributed by atoms with Crippen LogP contribution in [0.5, 0.6) is 0 Å². The molecule has 33 heavy (non-hydrogen) atoms. The normalized spacial score (nSPS) is 14.9. The number of amides is 1. The molecule has 3 N–H and O–H groups in total. The van der Waals surface area contributed by atoms with Crippen molar-refractivity contribution in [3.8, 4) is 0 Å². The van der Waals surface area contributed by atoms with Crippen LogP contribution in [-0.2, 0) is 7.50 Å². The fraction of sp³-hybridized carbons (Fsp3) is 0.235. The lowest BCUT2D eigenvalue weighted by atomic mass is 10.2. The van der Waals surface area contributed by atoms with E-state index in [1.807, 2.05) is 5.32 Å². The van der Waals surface area contributed by atoms with Gasteiger partial charge in [0.25, 0.3) is 0 Å². The summed E-state index contributed by atoms with van der Waals surface area (Å²) in [6, 6.07) is 6.18. The summed E-state index contributed by atoms with van der Waals surface area (Å²) in [5, 5.41) is -5.26. The lowest BCUT2D eigenvalue weighted by Crippen LogP contribution is -2.70. The van der Waals surface area contributed by atoms with Crippen LogP contribution in [0.25, 0.3) is 0 Å². The number of rotatable bonds is 5. The van der Waals surface area contributed by atoms with Gasteiger partial charge < -0.3 is 11.1 Å². The topological polar surface area (TPSA) is 72.2 Å². The van der Waals surface area contributed by atoms with E-state index in [-0.39, 0.29) is 17.3 Å². The molecule has 16 heteroatoms. The molecular weight excluding hydrogens is 566 g/mol. The first kappa shape index (κ1) is 26.9. The van der Waals surface area contributed by atoms with Gasteiger partial charge in [0.15, 0.2) is 0 Å². The molecule has 0 saturated carbocycles. The van der Waals surface area contributed by atoms with Crippen molar-refractivity contribution in [1.29, 1.82) is 0 Å². The maximum Gasteiger partial charge on any atom is 0.467 e. The number of anilines is 2. The minimum absolute atomic E-state index is 0.00316. The predicted octanol–water partition coefficient (Wildman–Crippen LogP) is 6.33. The zero-order valence-corrected chi connectivity index (χ0v) is 18.0. The molecule has 0 unspecified atom stereocenters. The van der Waals surface area contributed by atoms with Gasteiger partial charge in [0.1, 0.15) is 7.50 Å². The van der Waals surface area contributed by atoms with E-state index in [1.54, 1.807) is 0 Å². The van der Waals surface area contributed by atoms with E-state index in [1.165, 1.54) is 0 Å². The highest BCUT2D eigenvalue weighted by Crippen LogP contribution is 2.72. The van der Waals surface area contributed by atoms with Gasteiger partial charge in [-0.2, -0.15) is 39.5 Å². The number of nitrogens with one attached hydrogen (secondary N) is 1. The first-order valence-electron chi connectivity index (χ1n) is 8.21. The first-order chi connectivity index (χ1) is 14.7. The standard InChI is InChI=1S/C17H11BrF10N2O2S/c18-33(32,17(26,27)28,14(19,15(20,21)22)16(23,24)25)12-7-2-1-6-11(12)30-10-5-3-4-9(8-10)13(29)31/h1-8,30H,(H2,29,31). The Bertz CT molecular complexity index is 1130. The van der Waals surface area contributed by atoms with Crippen molar-refractivity contribution >= 4 is 39.6 Å². The van der Waals surface area contributed by atoms with Crippen molar-refractivity contribution in [1.82, 2.24) is 0 Å². The molecule has 184 valence electrons. The second-order valence-corrected chi connectivity index (χ2v) is 13.3. The molecule has 0 atom stereocenters. The Morgan fingerprint density at radius 1 is 0.848 bits per heavy atom. The van der Waals surface area contributed by atoms with Gasteiger partial charge in [-0.05, 0) is 30.3 Å². The molecule has 0 aromatic heterocycles. The Morgan fingerprint density at radius 2 is 1.36 bits per heavy atom. The smallest absolute Gasteiger partial charge is 0.366 e. The van der Waals surface area contributed by atoms with Crippen molar-refractivity contribution in [3.63, 3.8) is 0 Å². The molecule has 0 spiro atoms. The van der Waals surface area contributed by atoms with Crippen LogP contribution in [0.3, 0.4) is 0 Å². The second-order valence-electron chi connectivity index (χ2n) is 6.45. The summed E-state index contributed by atoms with van der Waals surface area (Å²) in [6.45, 7) is 0.